The van der Waals surface area contributed by atoms with Crippen molar-refractivity contribution in [1.29, 1.82) is 0 Å². The zero-order valence-electron chi connectivity index (χ0n) is 15.4. The molecule has 0 aliphatic carbocycles. The predicted octanol–water partition coefficient (Wildman–Crippen LogP) is 3.34. The molecule has 2 N–H and O–H groups in total. The number of para-hydroxylation sites is 1. The molecular weight excluding hydrogens is 354 g/mol. The van der Waals surface area contributed by atoms with Crippen molar-refractivity contribution in [2.75, 3.05) is 13.2 Å². The molecule has 1 aromatic carbocycles. The standard InChI is InChI=1S/C19H24F2N4O2/c1-3-22-19(25-13-15-9-7-11-23-17(15)26-4-2)24-12-14-8-5-6-10-16(14)27-18(20)21/h5-11,18H,3-4,12-13H2,1-2H3,(H2,22,24,25). The van der Waals surface area contributed by atoms with Crippen LogP contribution in [0.2, 0.25) is 0 Å². The molecule has 0 bridgehead atoms. The van der Waals surface area contributed by atoms with E-state index in [1.807, 2.05) is 26.0 Å². The van der Waals surface area contributed by atoms with E-state index in [0.717, 1.165) is 5.56 Å². The smallest absolute Gasteiger partial charge is 0.387 e. The van der Waals surface area contributed by atoms with Gasteiger partial charge in [-0.25, -0.2) is 9.98 Å². The summed E-state index contributed by atoms with van der Waals surface area (Å²) >= 11 is 0. The predicted molar refractivity (Wildman–Crippen MR) is 100 cm³/mol. The van der Waals surface area contributed by atoms with E-state index in [9.17, 15) is 8.78 Å². The number of rotatable bonds is 9. The highest BCUT2D eigenvalue weighted by molar-refractivity contribution is 5.79. The van der Waals surface area contributed by atoms with Crippen LogP contribution in [-0.4, -0.2) is 30.7 Å². The fourth-order valence-electron chi connectivity index (χ4n) is 2.36. The average molecular weight is 378 g/mol. The molecule has 8 heteroatoms. The molecule has 0 spiro atoms. The summed E-state index contributed by atoms with van der Waals surface area (Å²) in [6.45, 7) is 2.82. The third kappa shape index (κ3) is 6.73. The molecule has 27 heavy (non-hydrogen) atoms. The number of nitrogens with one attached hydrogen (secondary N) is 2. The zero-order valence-corrected chi connectivity index (χ0v) is 15.4. The first-order valence-corrected chi connectivity index (χ1v) is 8.75. The fraction of sp³-hybridized carbons (Fsp3) is 0.368. The molecule has 2 aromatic rings. The molecule has 0 amide bonds. The van der Waals surface area contributed by atoms with Crippen LogP contribution in [0.3, 0.4) is 0 Å². The third-order valence-electron chi connectivity index (χ3n) is 3.52. The lowest BCUT2D eigenvalue weighted by Crippen LogP contribution is -2.36. The summed E-state index contributed by atoms with van der Waals surface area (Å²) in [4.78, 5) is 8.72. The Labute approximate surface area is 157 Å². The molecule has 0 aliphatic rings. The normalized spacial score (nSPS) is 11.4. The van der Waals surface area contributed by atoms with Crippen LogP contribution in [0.5, 0.6) is 11.6 Å². The lowest BCUT2D eigenvalue weighted by molar-refractivity contribution is -0.0504. The molecule has 0 fully saturated rings. The number of guanidine groups is 1. The number of benzene rings is 1. The number of aliphatic imine (C=N–C) groups is 1. The van der Waals surface area contributed by atoms with Gasteiger partial charge in [0, 0.05) is 30.4 Å². The van der Waals surface area contributed by atoms with Gasteiger partial charge >= 0.3 is 6.61 Å². The number of alkyl halides is 2. The van der Waals surface area contributed by atoms with Gasteiger partial charge in [0.2, 0.25) is 5.88 Å². The lowest BCUT2D eigenvalue weighted by atomic mass is 10.2. The number of ether oxygens (including phenoxy) is 2. The maximum Gasteiger partial charge on any atom is 0.387 e. The van der Waals surface area contributed by atoms with Gasteiger partial charge in [-0.1, -0.05) is 24.3 Å². The Morgan fingerprint density at radius 3 is 2.63 bits per heavy atom. The topological polar surface area (TPSA) is 67.8 Å². The van der Waals surface area contributed by atoms with Gasteiger partial charge in [0.25, 0.3) is 0 Å². The van der Waals surface area contributed by atoms with Gasteiger partial charge in [0.1, 0.15) is 5.75 Å². The fourth-order valence-corrected chi connectivity index (χ4v) is 2.36. The minimum atomic E-state index is -2.87. The van der Waals surface area contributed by atoms with Crippen molar-refractivity contribution in [2.24, 2.45) is 4.99 Å². The summed E-state index contributed by atoms with van der Waals surface area (Å²) in [5.41, 5.74) is 1.47. The summed E-state index contributed by atoms with van der Waals surface area (Å²) < 4.78 is 35.1. The van der Waals surface area contributed by atoms with Crippen LogP contribution in [0, 0.1) is 0 Å². The Morgan fingerprint density at radius 1 is 1.11 bits per heavy atom. The Kier molecular flexibility index (Phi) is 8.28. The van der Waals surface area contributed by atoms with E-state index in [2.05, 4.69) is 25.3 Å². The minimum absolute atomic E-state index is 0.140. The summed E-state index contributed by atoms with van der Waals surface area (Å²) in [6, 6.07) is 10.4. The van der Waals surface area contributed by atoms with Crippen molar-refractivity contribution in [3.05, 3.63) is 53.7 Å². The number of halogens is 2. The van der Waals surface area contributed by atoms with E-state index in [-0.39, 0.29) is 5.75 Å². The van der Waals surface area contributed by atoms with Gasteiger partial charge in [0.05, 0.1) is 13.2 Å². The number of hydrogen-bond donors (Lipinski definition) is 2. The van der Waals surface area contributed by atoms with Crippen LogP contribution in [-0.2, 0) is 13.1 Å². The van der Waals surface area contributed by atoms with Crippen LogP contribution in [0.4, 0.5) is 8.78 Å². The highest BCUT2D eigenvalue weighted by atomic mass is 19.3. The molecule has 0 radical (unpaired) electrons. The maximum absolute atomic E-state index is 12.5. The van der Waals surface area contributed by atoms with Crippen molar-refractivity contribution < 1.29 is 18.3 Å². The molecule has 1 aromatic heterocycles. The van der Waals surface area contributed by atoms with Gasteiger partial charge in [-0.05, 0) is 26.0 Å². The van der Waals surface area contributed by atoms with Gasteiger partial charge in [-0.15, -0.1) is 0 Å². The molecule has 6 nitrogen and oxygen atoms in total. The maximum atomic E-state index is 12.5. The largest absolute Gasteiger partial charge is 0.478 e. The van der Waals surface area contributed by atoms with Gasteiger partial charge in [0.15, 0.2) is 5.96 Å². The first kappa shape index (κ1) is 20.4. The second-order valence-corrected chi connectivity index (χ2v) is 5.44. The van der Waals surface area contributed by atoms with Crippen molar-refractivity contribution in [3.8, 4) is 11.6 Å². The van der Waals surface area contributed by atoms with Gasteiger partial charge < -0.3 is 20.1 Å². The van der Waals surface area contributed by atoms with E-state index in [1.165, 1.54) is 6.07 Å². The monoisotopic (exact) mass is 378 g/mol. The summed E-state index contributed by atoms with van der Waals surface area (Å²) in [7, 11) is 0. The SMILES string of the molecule is CCNC(=NCc1cccnc1OCC)NCc1ccccc1OC(F)F. The van der Waals surface area contributed by atoms with Crippen molar-refractivity contribution in [3.63, 3.8) is 0 Å². The highest BCUT2D eigenvalue weighted by Crippen LogP contribution is 2.20. The average Bonchev–Trinajstić information content (AvgIpc) is 2.66. The second-order valence-electron chi connectivity index (χ2n) is 5.44. The highest BCUT2D eigenvalue weighted by Gasteiger charge is 2.10. The number of pyridine rings is 1. The van der Waals surface area contributed by atoms with Crippen molar-refractivity contribution >= 4 is 5.96 Å². The summed E-state index contributed by atoms with van der Waals surface area (Å²) in [6.07, 6.45) is 1.67. The molecule has 0 saturated carbocycles. The van der Waals surface area contributed by atoms with Crippen molar-refractivity contribution in [1.82, 2.24) is 15.6 Å². The Hall–Kier alpha value is -2.90. The van der Waals surface area contributed by atoms with Gasteiger partial charge in [-0.3, -0.25) is 0 Å². The number of aromatic nitrogens is 1. The first-order chi connectivity index (χ1) is 13.1. The Bertz CT molecular complexity index is 741. The van der Waals surface area contributed by atoms with Crippen molar-refractivity contribution in [2.45, 2.75) is 33.5 Å². The van der Waals surface area contributed by atoms with Gasteiger partial charge in [-0.2, -0.15) is 8.78 Å². The van der Waals surface area contributed by atoms with E-state index in [4.69, 9.17) is 4.74 Å². The number of hydrogen-bond acceptors (Lipinski definition) is 4. The van der Waals surface area contributed by atoms with Crippen LogP contribution in [0.1, 0.15) is 25.0 Å². The molecule has 0 atom stereocenters. The van der Waals surface area contributed by atoms with Crippen LogP contribution in [0.25, 0.3) is 0 Å². The minimum Gasteiger partial charge on any atom is -0.478 e. The molecule has 0 saturated heterocycles. The molecule has 2 rings (SSSR count). The van der Waals surface area contributed by atoms with E-state index >= 15 is 0 Å². The molecule has 146 valence electrons. The van der Waals surface area contributed by atoms with E-state index in [0.29, 0.717) is 43.6 Å². The Balaban J connectivity index is 2.07. The molecule has 0 aliphatic heterocycles. The zero-order chi connectivity index (χ0) is 19.5. The third-order valence-corrected chi connectivity index (χ3v) is 3.52. The van der Waals surface area contributed by atoms with E-state index in [1.54, 1.807) is 24.4 Å². The summed E-state index contributed by atoms with van der Waals surface area (Å²) in [5.74, 6) is 1.24. The van der Waals surface area contributed by atoms with Crippen LogP contribution >= 0.6 is 0 Å². The molecular formula is C19H24F2N4O2. The van der Waals surface area contributed by atoms with Crippen LogP contribution < -0.4 is 20.1 Å². The number of nitrogens with zero attached hydrogens (tertiary/aromatic N) is 2. The van der Waals surface area contributed by atoms with E-state index < -0.39 is 6.61 Å². The summed E-state index contributed by atoms with van der Waals surface area (Å²) in [5, 5.41) is 6.25. The Morgan fingerprint density at radius 2 is 1.89 bits per heavy atom. The lowest BCUT2D eigenvalue weighted by Gasteiger charge is -2.14. The van der Waals surface area contributed by atoms with Crippen LogP contribution in [0.15, 0.2) is 47.6 Å². The first-order valence-electron chi connectivity index (χ1n) is 8.75. The molecule has 1 heterocycles. The second kappa shape index (κ2) is 10.9. The molecule has 0 unspecified atom stereocenters. The quantitative estimate of drug-likeness (QED) is 0.517.